The summed E-state index contributed by atoms with van der Waals surface area (Å²) in [7, 11) is 0. The number of carbonyl (C=O) groups is 4. The van der Waals surface area contributed by atoms with Crippen LogP contribution in [0.15, 0.2) is 42.7 Å². The SMILES string of the molecule is N=C(N)c1ccc(O)c(OCC(CC(=O)O)NC(=O)C2CCN(c3ccncc3)CC2)c1.O=C(O)C(F)(F)F.O=C(O)C(F)(F)F. The molecular formula is C26H29F6N5O9. The number of piperidine rings is 1. The van der Waals surface area contributed by atoms with Gasteiger partial charge in [-0.15, -0.1) is 0 Å². The Kier molecular flexibility index (Phi) is 14.5. The zero-order valence-electron chi connectivity index (χ0n) is 23.5. The Morgan fingerprint density at radius 3 is 1.91 bits per heavy atom. The minimum Gasteiger partial charge on any atom is -0.504 e. The van der Waals surface area contributed by atoms with Crippen LogP contribution in [0.5, 0.6) is 11.5 Å². The third-order valence-corrected chi connectivity index (χ3v) is 5.86. The molecule has 14 nitrogen and oxygen atoms in total. The first kappa shape index (κ1) is 38.7. The average Bonchev–Trinajstić information content (AvgIpc) is 2.96. The Balaban J connectivity index is 0.000000629. The highest BCUT2D eigenvalue weighted by molar-refractivity contribution is 5.95. The van der Waals surface area contributed by atoms with E-state index in [4.69, 9.17) is 35.7 Å². The molecule has 46 heavy (non-hydrogen) atoms. The molecule has 1 amide bonds. The molecule has 1 aliphatic rings. The highest BCUT2D eigenvalue weighted by Crippen LogP contribution is 2.27. The molecule has 0 saturated carbocycles. The number of aromatic hydroxyl groups is 1. The summed E-state index contributed by atoms with van der Waals surface area (Å²) in [6.45, 7) is 1.28. The predicted molar refractivity (Wildman–Crippen MR) is 145 cm³/mol. The number of nitrogens with one attached hydrogen (secondary N) is 2. The number of halogens is 6. The number of hydrogen-bond donors (Lipinski definition) is 7. The van der Waals surface area contributed by atoms with E-state index in [2.05, 4.69) is 15.2 Å². The maximum Gasteiger partial charge on any atom is 0.490 e. The molecule has 1 aromatic carbocycles. The van der Waals surface area contributed by atoms with Crippen molar-refractivity contribution < 1.29 is 70.7 Å². The number of carboxylic acid groups (broad SMARTS) is 3. The summed E-state index contributed by atoms with van der Waals surface area (Å²) in [4.78, 5) is 48.0. The number of carboxylic acids is 3. The van der Waals surface area contributed by atoms with Crippen LogP contribution in [-0.4, -0.2) is 93.2 Å². The van der Waals surface area contributed by atoms with Crippen molar-refractivity contribution in [2.24, 2.45) is 11.7 Å². The minimum atomic E-state index is -5.08. The Hall–Kier alpha value is -5.30. The molecule has 3 rings (SSSR count). The summed E-state index contributed by atoms with van der Waals surface area (Å²) in [6.07, 6.45) is -5.73. The van der Waals surface area contributed by atoms with Gasteiger partial charge in [-0.2, -0.15) is 26.3 Å². The van der Waals surface area contributed by atoms with E-state index in [1.54, 1.807) is 12.4 Å². The number of anilines is 1. The number of benzene rings is 1. The number of pyridine rings is 1. The van der Waals surface area contributed by atoms with E-state index in [0.717, 1.165) is 5.69 Å². The van der Waals surface area contributed by atoms with Gasteiger partial charge in [-0.3, -0.25) is 20.0 Å². The summed E-state index contributed by atoms with van der Waals surface area (Å²) < 4.78 is 69.0. The molecule has 8 N–H and O–H groups in total. The molecule has 1 fully saturated rings. The molecule has 1 unspecified atom stereocenters. The molecule has 0 radical (unpaired) electrons. The summed E-state index contributed by atoms with van der Waals surface area (Å²) in [5, 5.41) is 43.7. The van der Waals surface area contributed by atoms with E-state index in [9.17, 15) is 46.1 Å². The van der Waals surface area contributed by atoms with Gasteiger partial charge in [0.05, 0.1) is 12.5 Å². The first-order chi connectivity index (χ1) is 21.2. The van der Waals surface area contributed by atoms with Gasteiger partial charge >= 0.3 is 30.3 Å². The monoisotopic (exact) mass is 669 g/mol. The van der Waals surface area contributed by atoms with Crippen molar-refractivity contribution in [2.45, 2.75) is 37.7 Å². The molecule has 0 bridgehead atoms. The van der Waals surface area contributed by atoms with Crippen molar-refractivity contribution in [3.8, 4) is 11.5 Å². The highest BCUT2D eigenvalue weighted by Gasteiger charge is 2.39. The molecule has 1 aliphatic heterocycles. The second-order valence-corrected chi connectivity index (χ2v) is 9.28. The standard InChI is InChI=1S/C22H27N5O5.2C2HF3O2/c23-21(24)15-1-2-18(28)19(11-15)32-13-16(12-20(29)30)26-22(31)14-5-9-27(10-6-14)17-3-7-25-8-4-17;2*3-2(4,5)1(6)7/h1-4,7-8,11,14,16,28H,5-6,9-10,12-13H2,(H3,23,24)(H,26,31)(H,29,30);2*(H,6,7). The second-order valence-electron chi connectivity index (χ2n) is 9.28. The number of nitrogens with zero attached hydrogens (tertiary/aromatic N) is 2. The van der Waals surface area contributed by atoms with E-state index in [-0.39, 0.29) is 42.2 Å². The van der Waals surface area contributed by atoms with Gasteiger partial charge in [-0.25, -0.2) is 9.59 Å². The van der Waals surface area contributed by atoms with Crippen molar-refractivity contribution in [2.75, 3.05) is 24.6 Å². The number of phenolic OH excluding ortho intramolecular Hbond substituents is 1. The molecule has 2 heterocycles. The van der Waals surface area contributed by atoms with Gasteiger partial charge in [0.2, 0.25) is 5.91 Å². The van der Waals surface area contributed by atoms with Gasteiger partial charge in [0.25, 0.3) is 0 Å². The normalized spacial score (nSPS) is 13.9. The number of nitrogens with two attached hydrogens (primary N) is 1. The zero-order chi connectivity index (χ0) is 35.2. The van der Waals surface area contributed by atoms with E-state index < -0.39 is 36.3 Å². The van der Waals surface area contributed by atoms with Crippen LogP contribution in [0.25, 0.3) is 0 Å². The third-order valence-electron chi connectivity index (χ3n) is 5.86. The number of carbonyl (C=O) groups excluding carboxylic acids is 1. The van der Waals surface area contributed by atoms with Gasteiger partial charge in [0.15, 0.2) is 11.5 Å². The number of amides is 1. The number of amidine groups is 1. The van der Waals surface area contributed by atoms with Gasteiger partial charge in [-0.05, 0) is 43.2 Å². The molecule has 254 valence electrons. The summed E-state index contributed by atoms with van der Waals surface area (Å²) in [5.74, 6) is -7.32. The lowest BCUT2D eigenvalue weighted by molar-refractivity contribution is -0.193. The summed E-state index contributed by atoms with van der Waals surface area (Å²) in [5.41, 5.74) is 6.87. The van der Waals surface area contributed by atoms with Crippen LogP contribution in [0.2, 0.25) is 0 Å². The van der Waals surface area contributed by atoms with E-state index in [1.807, 2.05) is 12.1 Å². The van der Waals surface area contributed by atoms with Gasteiger partial charge in [0.1, 0.15) is 12.4 Å². The smallest absolute Gasteiger partial charge is 0.490 e. The van der Waals surface area contributed by atoms with E-state index in [1.165, 1.54) is 18.2 Å². The van der Waals surface area contributed by atoms with Crippen LogP contribution < -0.4 is 20.7 Å². The van der Waals surface area contributed by atoms with Crippen molar-refractivity contribution in [1.82, 2.24) is 10.3 Å². The number of phenols is 1. The van der Waals surface area contributed by atoms with Crippen LogP contribution >= 0.6 is 0 Å². The lowest BCUT2D eigenvalue weighted by Crippen LogP contribution is -2.46. The molecule has 0 aliphatic carbocycles. The minimum absolute atomic E-state index is 0.0630. The highest BCUT2D eigenvalue weighted by atomic mass is 19.4. The van der Waals surface area contributed by atoms with Crippen LogP contribution in [-0.2, 0) is 19.2 Å². The molecule has 1 aromatic heterocycles. The van der Waals surface area contributed by atoms with Crippen molar-refractivity contribution in [3.05, 3.63) is 48.3 Å². The number of aliphatic carboxylic acids is 3. The average molecular weight is 670 g/mol. The van der Waals surface area contributed by atoms with Gasteiger partial charge in [0, 0.05) is 42.7 Å². The quantitative estimate of drug-likeness (QED) is 0.116. The van der Waals surface area contributed by atoms with Crippen LogP contribution in [0.1, 0.15) is 24.8 Å². The number of rotatable bonds is 9. The maximum absolute atomic E-state index is 12.8. The molecule has 1 saturated heterocycles. The number of alkyl halides is 6. The topological polar surface area (TPSA) is 236 Å². The molecular weight excluding hydrogens is 640 g/mol. The summed E-state index contributed by atoms with van der Waals surface area (Å²) >= 11 is 0. The number of aromatic nitrogens is 1. The molecule has 20 heteroatoms. The van der Waals surface area contributed by atoms with E-state index >= 15 is 0 Å². The second kappa shape index (κ2) is 17.3. The van der Waals surface area contributed by atoms with Crippen LogP contribution in [0, 0.1) is 11.3 Å². The molecule has 0 spiro atoms. The van der Waals surface area contributed by atoms with Crippen LogP contribution in [0.4, 0.5) is 32.0 Å². The zero-order valence-corrected chi connectivity index (χ0v) is 23.5. The fraction of sp³-hybridized carbons (Fsp3) is 0.385. The Morgan fingerprint density at radius 2 is 1.48 bits per heavy atom. The van der Waals surface area contributed by atoms with Crippen molar-refractivity contribution >= 4 is 35.3 Å². The Bertz CT molecular complexity index is 1330. The fourth-order valence-electron chi connectivity index (χ4n) is 3.62. The van der Waals surface area contributed by atoms with Gasteiger partial charge in [-0.1, -0.05) is 0 Å². The lowest BCUT2D eigenvalue weighted by atomic mass is 9.95. The third kappa shape index (κ3) is 14.0. The molecule has 2 aromatic rings. The maximum atomic E-state index is 12.8. The Morgan fingerprint density at radius 1 is 0.978 bits per heavy atom. The summed E-state index contributed by atoms with van der Waals surface area (Å²) in [6, 6.07) is 7.28. The van der Waals surface area contributed by atoms with Crippen molar-refractivity contribution in [1.29, 1.82) is 5.41 Å². The van der Waals surface area contributed by atoms with Gasteiger partial charge < -0.3 is 41.1 Å². The lowest BCUT2D eigenvalue weighted by Gasteiger charge is -2.33. The predicted octanol–water partition coefficient (Wildman–Crippen LogP) is 2.59. The number of hydrogen-bond acceptors (Lipinski definition) is 9. The number of ether oxygens (including phenoxy) is 1. The first-order valence-corrected chi connectivity index (χ1v) is 12.8. The fourth-order valence-corrected chi connectivity index (χ4v) is 3.62. The van der Waals surface area contributed by atoms with Crippen LogP contribution in [0.3, 0.4) is 0 Å². The largest absolute Gasteiger partial charge is 0.504 e. The first-order valence-electron chi connectivity index (χ1n) is 12.8. The van der Waals surface area contributed by atoms with Crippen molar-refractivity contribution in [3.63, 3.8) is 0 Å². The molecule has 1 atom stereocenters. The number of nitrogen functional groups attached to an aromatic ring is 1. The van der Waals surface area contributed by atoms with E-state index in [0.29, 0.717) is 31.5 Å². The Labute approximate surface area is 255 Å².